The van der Waals surface area contributed by atoms with Crippen LogP contribution in [0.3, 0.4) is 0 Å². The van der Waals surface area contributed by atoms with Crippen LogP contribution in [0.1, 0.15) is 27.2 Å². The van der Waals surface area contributed by atoms with Crippen LogP contribution in [0.2, 0.25) is 0 Å². The maximum Gasteiger partial charge on any atom is 0.264 e. The van der Waals surface area contributed by atoms with E-state index in [2.05, 4.69) is 5.16 Å². The summed E-state index contributed by atoms with van der Waals surface area (Å²) in [5.74, 6) is 0.0330. The Balaban J connectivity index is 1.47. The van der Waals surface area contributed by atoms with Crippen molar-refractivity contribution in [2.45, 2.75) is 19.1 Å². The molecule has 3 aromatic rings. The number of rotatable bonds is 6. The highest BCUT2D eigenvalue weighted by atomic mass is 32.1. The predicted octanol–water partition coefficient (Wildman–Crippen LogP) is 4.58. The van der Waals surface area contributed by atoms with Gasteiger partial charge < -0.3 is 9.74 Å². The van der Waals surface area contributed by atoms with Crippen molar-refractivity contribution in [3.05, 3.63) is 94.2 Å². The third-order valence-corrected chi connectivity index (χ3v) is 5.36. The van der Waals surface area contributed by atoms with Crippen LogP contribution in [-0.2, 0) is 11.4 Å². The smallest absolute Gasteiger partial charge is 0.264 e. The SMILES string of the molecule is O=C(c1cccs1)N(Cc1ccccc1)C[C@H]1CC(c2ccccc2)=NO1. The fourth-order valence-electron chi connectivity index (χ4n) is 3.15. The first-order valence-electron chi connectivity index (χ1n) is 8.94. The molecule has 0 spiro atoms. The summed E-state index contributed by atoms with van der Waals surface area (Å²) in [6.07, 6.45) is 0.570. The summed E-state index contributed by atoms with van der Waals surface area (Å²) in [4.78, 5) is 21.2. The van der Waals surface area contributed by atoms with Crippen LogP contribution in [0.4, 0.5) is 0 Å². The third kappa shape index (κ3) is 4.26. The number of carbonyl (C=O) groups is 1. The fraction of sp³-hybridized carbons (Fsp3) is 0.182. The Hall–Kier alpha value is -2.92. The number of hydrogen-bond donors (Lipinski definition) is 0. The number of thiophene rings is 1. The van der Waals surface area contributed by atoms with Crippen molar-refractivity contribution in [3.8, 4) is 0 Å². The van der Waals surface area contributed by atoms with Crippen molar-refractivity contribution < 1.29 is 9.63 Å². The molecule has 2 heterocycles. The number of carbonyl (C=O) groups excluding carboxylic acids is 1. The number of amides is 1. The second-order valence-electron chi connectivity index (χ2n) is 6.48. The van der Waals surface area contributed by atoms with Gasteiger partial charge in [-0.25, -0.2) is 0 Å². The van der Waals surface area contributed by atoms with Crippen LogP contribution < -0.4 is 0 Å². The molecule has 0 radical (unpaired) electrons. The summed E-state index contributed by atoms with van der Waals surface area (Å²) in [7, 11) is 0. The highest BCUT2D eigenvalue weighted by Gasteiger charge is 2.27. The van der Waals surface area contributed by atoms with E-state index < -0.39 is 0 Å². The molecule has 5 heteroatoms. The summed E-state index contributed by atoms with van der Waals surface area (Å²) in [6, 6.07) is 23.8. The van der Waals surface area contributed by atoms with E-state index in [0.717, 1.165) is 21.7 Å². The van der Waals surface area contributed by atoms with Crippen molar-refractivity contribution in [3.63, 3.8) is 0 Å². The van der Waals surface area contributed by atoms with Gasteiger partial charge in [0, 0.05) is 13.0 Å². The summed E-state index contributed by atoms with van der Waals surface area (Å²) < 4.78 is 0. The lowest BCUT2D eigenvalue weighted by molar-refractivity contribution is 0.0408. The number of nitrogens with zero attached hydrogens (tertiary/aromatic N) is 2. The Bertz CT molecular complexity index is 908. The number of benzene rings is 2. The molecule has 0 bridgehead atoms. The molecule has 1 aliphatic rings. The van der Waals surface area contributed by atoms with Gasteiger partial charge in [-0.3, -0.25) is 4.79 Å². The van der Waals surface area contributed by atoms with E-state index in [1.807, 2.05) is 83.1 Å². The largest absolute Gasteiger partial charge is 0.390 e. The molecule has 0 aliphatic carbocycles. The first-order chi connectivity index (χ1) is 13.3. The topological polar surface area (TPSA) is 41.9 Å². The molecule has 4 rings (SSSR count). The minimum atomic E-state index is -0.132. The maximum atomic E-state index is 13.0. The quantitative estimate of drug-likeness (QED) is 0.632. The van der Waals surface area contributed by atoms with Crippen molar-refractivity contribution in [2.75, 3.05) is 6.54 Å². The first-order valence-corrected chi connectivity index (χ1v) is 9.82. The molecule has 1 amide bonds. The molecule has 0 unspecified atom stereocenters. The van der Waals surface area contributed by atoms with Gasteiger partial charge in [-0.15, -0.1) is 11.3 Å². The zero-order valence-electron chi connectivity index (χ0n) is 14.8. The molecule has 1 aromatic heterocycles. The summed E-state index contributed by atoms with van der Waals surface area (Å²) in [5, 5.41) is 6.18. The molecule has 2 aromatic carbocycles. The fourth-order valence-corrected chi connectivity index (χ4v) is 3.84. The van der Waals surface area contributed by atoms with E-state index in [9.17, 15) is 4.79 Å². The molecule has 27 heavy (non-hydrogen) atoms. The van der Waals surface area contributed by atoms with E-state index in [4.69, 9.17) is 4.84 Å². The van der Waals surface area contributed by atoms with Crippen LogP contribution in [0.15, 0.2) is 83.3 Å². The molecular formula is C22H20N2O2S. The number of hydrogen-bond acceptors (Lipinski definition) is 4. The molecule has 136 valence electrons. The molecule has 0 saturated carbocycles. The monoisotopic (exact) mass is 376 g/mol. The van der Waals surface area contributed by atoms with E-state index >= 15 is 0 Å². The van der Waals surface area contributed by atoms with E-state index in [1.54, 1.807) is 0 Å². The van der Waals surface area contributed by atoms with Crippen molar-refractivity contribution in [1.29, 1.82) is 0 Å². The van der Waals surface area contributed by atoms with Crippen LogP contribution in [0, 0.1) is 0 Å². The third-order valence-electron chi connectivity index (χ3n) is 4.50. The van der Waals surface area contributed by atoms with Crippen molar-refractivity contribution >= 4 is 23.0 Å². The van der Waals surface area contributed by atoms with Gasteiger partial charge >= 0.3 is 0 Å². The van der Waals surface area contributed by atoms with E-state index in [1.165, 1.54) is 11.3 Å². The number of oxime groups is 1. The highest BCUT2D eigenvalue weighted by molar-refractivity contribution is 7.12. The normalized spacial score (nSPS) is 15.9. The lowest BCUT2D eigenvalue weighted by Crippen LogP contribution is -2.37. The molecule has 4 nitrogen and oxygen atoms in total. The molecule has 0 fully saturated rings. The molecular weight excluding hydrogens is 356 g/mol. The second-order valence-corrected chi connectivity index (χ2v) is 7.43. The zero-order valence-corrected chi connectivity index (χ0v) is 15.6. The Labute approximate surface area is 162 Å². The van der Waals surface area contributed by atoms with Gasteiger partial charge in [-0.05, 0) is 22.6 Å². The Kier molecular flexibility index (Phi) is 5.30. The van der Waals surface area contributed by atoms with Crippen molar-refractivity contribution in [1.82, 2.24) is 4.90 Å². The minimum Gasteiger partial charge on any atom is -0.390 e. The first kappa shape index (κ1) is 17.5. The van der Waals surface area contributed by atoms with E-state index in [0.29, 0.717) is 19.5 Å². The lowest BCUT2D eigenvalue weighted by atomic mass is 10.0. The van der Waals surface area contributed by atoms with Crippen molar-refractivity contribution in [2.24, 2.45) is 5.16 Å². The molecule has 0 saturated heterocycles. The predicted molar refractivity (Wildman–Crippen MR) is 108 cm³/mol. The van der Waals surface area contributed by atoms with Gasteiger partial charge in [0.2, 0.25) is 0 Å². The highest BCUT2D eigenvalue weighted by Crippen LogP contribution is 2.21. The van der Waals surface area contributed by atoms with E-state index in [-0.39, 0.29) is 12.0 Å². The Morgan fingerprint density at radius 1 is 1.04 bits per heavy atom. The van der Waals surface area contributed by atoms with Gasteiger partial charge in [-0.1, -0.05) is 71.9 Å². The van der Waals surface area contributed by atoms with Crippen LogP contribution >= 0.6 is 11.3 Å². The average Bonchev–Trinajstić information content (AvgIpc) is 3.41. The summed E-state index contributed by atoms with van der Waals surface area (Å²) >= 11 is 1.46. The molecule has 1 atom stereocenters. The summed E-state index contributed by atoms with van der Waals surface area (Å²) in [5.41, 5.74) is 3.10. The molecule has 1 aliphatic heterocycles. The summed E-state index contributed by atoms with van der Waals surface area (Å²) in [6.45, 7) is 1.06. The van der Waals surface area contributed by atoms with Gasteiger partial charge in [0.15, 0.2) is 6.10 Å². The molecule has 0 N–H and O–H groups in total. The minimum absolute atomic E-state index is 0.0330. The Morgan fingerprint density at radius 3 is 2.48 bits per heavy atom. The van der Waals surface area contributed by atoms with Crippen LogP contribution in [0.25, 0.3) is 0 Å². The Morgan fingerprint density at radius 2 is 1.78 bits per heavy atom. The van der Waals surface area contributed by atoms with Gasteiger partial charge in [0.05, 0.1) is 17.1 Å². The van der Waals surface area contributed by atoms with Crippen LogP contribution in [-0.4, -0.2) is 29.2 Å². The second kappa shape index (κ2) is 8.18. The van der Waals surface area contributed by atoms with Crippen LogP contribution in [0.5, 0.6) is 0 Å². The standard InChI is InChI=1S/C22H20N2O2S/c25-22(21-12-7-13-27-21)24(15-17-8-3-1-4-9-17)16-19-14-20(23-26-19)18-10-5-2-6-11-18/h1-13,19H,14-16H2/t19-/m1/s1. The van der Waals surface area contributed by atoms with Gasteiger partial charge in [0.1, 0.15) is 0 Å². The average molecular weight is 376 g/mol. The lowest BCUT2D eigenvalue weighted by Gasteiger charge is -2.24. The zero-order chi connectivity index (χ0) is 18.5. The van der Waals surface area contributed by atoms with Gasteiger partial charge in [0.25, 0.3) is 5.91 Å². The maximum absolute atomic E-state index is 13.0. The van der Waals surface area contributed by atoms with Gasteiger partial charge in [-0.2, -0.15) is 0 Å².